The third kappa shape index (κ3) is 4.17. The summed E-state index contributed by atoms with van der Waals surface area (Å²) < 4.78 is 24.0. The maximum atomic E-state index is 13.0. The van der Waals surface area contributed by atoms with Gasteiger partial charge in [0.15, 0.2) is 15.0 Å². The molecule has 0 aliphatic rings. The van der Waals surface area contributed by atoms with Gasteiger partial charge in [-0.25, -0.2) is 13.4 Å². The lowest BCUT2D eigenvalue weighted by molar-refractivity contribution is 0.0989. The van der Waals surface area contributed by atoms with Crippen molar-refractivity contribution < 1.29 is 13.2 Å². The van der Waals surface area contributed by atoms with Crippen molar-refractivity contribution in [3.8, 4) is 0 Å². The monoisotopic (exact) mass is 386 g/mol. The molecule has 5 nitrogen and oxygen atoms in total. The molecule has 26 heavy (non-hydrogen) atoms. The summed E-state index contributed by atoms with van der Waals surface area (Å²) in [5.41, 5.74) is 1.84. The SMILES string of the molecule is C=CCN(C(=O)c1cccc(CS(C)(=O)=O)c1)c1nc2ccccc2s1. The zero-order chi connectivity index (χ0) is 18.7. The molecule has 0 saturated carbocycles. The third-order valence-electron chi connectivity index (χ3n) is 3.67. The highest BCUT2D eigenvalue weighted by Gasteiger charge is 2.20. The van der Waals surface area contributed by atoms with E-state index in [1.54, 1.807) is 35.2 Å². The zero-order valence-corrected chi connectivity index (χ0v) is 15.9. The molecule has 0 unspecified atom stereocenters. The minimum absolute atomic E-state index is 0.100. The lowest BCUT2D eigenvalue weighted by atomic mass is 10.1. The zero-order valence-electron chi connectivity index (χ0n) is 14.3. The summed E-state index contributed by atoms with van der Waals surface area (Å²) in [7, 11) is -3.17. The number of sulfone groups is 1. The number of amides is 1. The molecule has 0 radical (unpaired) electrons. The number of carbonyl (C=O) groups is 1. The van der Waals surface area contributed by atoms with Gasteiger partial charge in [0.05, 0.1) is 16.0 Å². The van der Waals surface area contributed by atoms with Crippen molar-refractivity contribution in [1.29, 1.82) is 0 Å². The van der Waals surface area contributed by atoms with Crippen LogP contribution in [0.1, 0.15) is 15.9 Å². The van der Waals surface area contributed by atoms with Crippen molar-refractivity contribution in [2.75, 3.05) is 17.7 Å². The van der Waals surface area contributed by atoms with Gasteiger partial charge in [-0.2, -0.15) is 0 Å². The van der Waals surface area contributed by atoms with E-state index in [1.807, 2.05) is 24.3 Å². The van der Waals surface area contributed by atoms with Crippen LogP contribution in [0, 0.1) is 0 Å². The predicted octanol–water partition coefficient (Wildman–Crippen LogP) is 3.67. The summed E-state index contributed by atoms with van der Waals surface area (Å²) in [6.45, 7) is 4.04. The van der Waals surface area contributed by atoms with E-state index >= 15 is 0 Å². The topological polar surface area (TPSA) is 67.3 Å². The number of hydrogen-bond donors (Lipinski definition) is 0. The van der Waals surface area contributed by atoms with Crippen molar-refractivity contribution in [2.24, 2.45) is 0 Å². The smallest absolute Gasteiger partial charge is 0.260 e. The van der Waals surface area contributed by atoms with E-state index in [9.17, 15) is 13.2 Å². The molecule has 1 aromatic heterocycles. The van der Waals surface area contributed by atoms with Crippen LogP contribution in [-0.4, -0.2) is 32.1 Å². The first-order valence-corrected chi connectivity index (χ1v) is 10.8. The lowest BCUT2D eigenvalue weighted by Gasteiger charge is -2.18. The van der Waals surface area contributed by atoms with Gasteiger partial charge in [-0.15, -0.1) is 6.58 Å². The quantitative estimate of drug-likeness (QED) is 0.606. The van der Waals surface area contributed by atoms with E-state index in [2.05, 4.69) is 11.6 Å². The molecule has 0 aliphatic carbocycles. The average molecular weight is 386 g/mol. The van der Waals surface area contributed by atoms with Crippen LogP contribution in [-0.2, 0) is 15.6 Å². The van der Waals surface area contributed by atoms with E-state index < -0.39 is 9.84 Å². The van der Waals surface area contributed by atoms with Crippen LogP contribution in [0.25, 0.3) is 10.2 Å². The van der Waals surface area contributed by atoms with Crippen LogP contribution in [0.5, 0.6) is 0 Å². The number of thiazole rings is 1. The van der Waals surface area contributed by atoms with Crippen molar-refractivity contribution >= 4 is 42.4 Å². The maximum Gasteiger partial charge on any atom is 0.260 e. The van der Waals surface area contributed by atoms with E-state index in [0.717, 1.165) is 10.2 Å². The van der Waals surface area contributed by atoms with Crippen LogP contribution in [0.4, 0.5) is 5.13 Å². The third-order valence-corrected chi connectivity index (χ3v) is 5.59. The minimum Gasteiger partial charge on any atom is -0.280 e. The Morgan fingerprint density at radius 3 is 2.69 bits per heavy atom. The van der Waals surface area contributed by atoms with Crippen LogP contribution in [0.2, 0.25) is 0 Å². The van der Waals surface area contributed by atoms with Crippen molar-refractivity contribution in [3.63, 3.8) is 0 Å². The second kappa shape index (κ2) is 7.39. The Labute approximate surface area is 156 Å². The van der Waals surface area contributed by atoms with Crippen LogP contribution in [0.15, 0.2) is 61.2 Å². The number of benzene rings is 2. The molecule has 0 aliphatic heterocycles. The maximum absolute atomic E-state index is 13.0. The normalized spacial score (nSPS) is 11.4. The fourth-order valence-electron chi connectivity index (χ4n) is 2.61. The Morgan fingerprint density at radius 2 is 2.00 bits per heavy atom. The van der Waals surface area contributed by atoms with E-state index in [1.165, 1.54) is 17.6 Å². The Hall–Kier alpha value is -2.51. The first kappa shape index (κ1) is 18.3. The first-order chi connectivity index (χ1) is 12.4. The Balaban J connectivity index is 1.96. The van der Waals surface area contributed by atoms with Gasteiger partial charge in [0, 0.05) is 18.4 Å². The summed E-state index contributed by atoms with van der Waals surface area (Å²) in [6.07, 6.45) is 2.82. The van der Waals surface area contributed by atoms with Gasteiger partial charge in [-0.1, -0.05) is 41.7 Å². The molecular formula is C19H18N2O3S2. The molecule has 134 valence electrons. The van der Waals surface area contributed by atoms with E-state index in [-0.39, 0.29) is 11.7 Å². The molecule has 0 spiro atoms. The second-order valence-corrected chi connectivity index (χ2v) is 9.09. The van der Waals surface area contributed by atoms with Gasteiger partial charge >= 0.3 is 0 Å². The van der Waals surface area contributed by atoms with Gasteiger partial charge in [0.2, 0.25) is 0 Å². The van der Waals surface area contributed by atoms with E-state index in [0.29, 0.717) is 22.8 Å². The standard InChI is InChI=1S/C19H18N2O3S2/c1-3-11-21(19-20-16-9-4-5-10-17(16)25-19)18(22)15-8-6-7-14(12-15)13-26(2,23)24/h3-10,12H,1,11,13H2,2H3. The molecule has 1 heterocycles. The Bertz CT molecular complexity index is 1040. The molecule has 2 aromatic carbocycles. The predicted molar refractivity (Wildman–Crippen MR) is 106 cm³/mol. The Morgan fingerprint density at radius 1 is 1.23 bits per heavy atom. The number of nitrogens with zero attached hydrogens (tertiary/aromatic N) is 2. The number of hydrogen-bond acceptors (Lipinski definition) is 5. The van der Waals surface area contributed by atoms with E-state index in [4.69, 9.17) is 0 Å². The van der Waals surface area contributed by atoms with Crippen LogP contribution < -0.4 is 4.90 Å². The average Bonchev–Trinajstić information content (AvgIpc) is 3.01. The largest absolute Gasteiger partial charge is 0.280 e. The number of carbonyl (C=O) groups excluding carboxylic acids is 1. The molecule has 0 N–H and O–H groups in total. The summed E-state index contributed by atoms with van der Waals surface area (Å²) in [5, 5.41) is 0.588. The van der Waals surface area contributed by atoms with Gasteiger partial charge in [0.1, 0.15) is 0 Å². The number of aromatic nitrogens is 1. The molecule has 0 fully saturated rings. The number of fused-ring (bicyclic) bond motifs is 1. The molecular weight excluding hydrogens is 368 g/mol. The van der Waals surface area contributed by atoms with Gasteiger partial charge in [-0.3, -0.25) is 9.69 Å². The fraction of sp³-hybridized carbons (Fsp3) is 0.158. The number of para-hydroxylation sites is 1. The van der Waals surface area contributed by atoms with Crippen LogP contribution >= 0.6 is 11.3 Å². The Kier molecular flexibility index (Phi) is 5.20. The van der Waals surface area contributed by atoms with Gasteiger partial charge < -0.3 is 0 Å². The number of rotatable bonds is 6. The second-order valence-electron chi connectivity index (χ2n) is 5.94. The van der Waals surface area contributed by atoms with Gasteiger partial charge in [0.25, 0.3) is 5.91 Å². The lowest BCUT2D eigenvalue weighted by Crippen LogP contribution is -2.31. The molecule has 0 bridgehead atoms. The molecule has 7 heteroatoms. The van der Waals surface area contributed by atoms with Crippen molar-refractivity contribution in [1.82, 2.24) is 4.98 Å². The fourth-order valence-corrected chi connectivity index (χ4v) is 4.36. The highest BCUT2D eigenvalue weighted by atomic mass is 32.2. The minimum atomic E-state index is -3.17. The van der Waals surface area contributed by atoms with Crippen molar-refractivity contribution in [2.45, 2.75) is 5.75 Å². The van der Waals surface area contributed by atoms with Gasteiger partial charge in [-0.05, 0) is 29.8 Å². The summed E-state index contributed by atoms with van der Waals surface area (Å²) in [4.78, 5) is 19.1. The molecule has 3 rings (SSSR count). The molecule has 0 saturated heterocycles. The highest BCUT2D eigenvalue weighted by molar-refractivity contribution is 7.89. The molecule has 0 atom stereocenters. The summed E-state index contributed by atoms with van der Waals surface area (Å²) in [5.74, 6) is -0.337. The number of anilines is 1. The highest BCUT2D eigenvalue weighted by Crippen LogP contribution is 2.29. The summed E-state index contributed by atoms with van der Waals surface area (Å²) in [6, 6.07) is 14.4. The molecule has 1 amide bonds. The molecule has 3 aromatic rings. The summed E-state index contributed by atoms with van der Waals surface area (Å²) >= 11 is 1.43. The van der Waals surface area contributed by atoms with Crippen molar-refractivity contribution in [3.05, 3.63) is 72.3 Å². The van der Waals surface area contributed by atoms with Crippen LogP contribution in [0.3, 0.4) is 0 Å². The first-order valence-electron chi connectivity index (χ1n) is 7.92.